The van der Waals surface area contributed by atoms with E-state index in [1.807, 2.05) is 0 Å². The Balaban J connectivity index is 1.46. The van der Waals surface area contributed by atoms with Crippen LogP contribution in [0.25, 0.3) is 0 Å². The van der Waals surface area contributed by atoms with Crippen molar-refractivity contribution < 1.29 is 9.47 Å². The molecular weight excluding hydrogens is 550 g/mol. The van der Waals surface area contributed by atoms with E-state index in [0.717, 1.165) is 42.7 Å². The molecule has 3 aromatic rings. The molecule has 0 aromatic heterocycles. The maximum atomic E-state index is 7.07. The first kappa shape index (κ1) is 36.5. The molecule has 0 saturated carbocycles. The first-order valence-corrected chi connectivity index (χ1v) is 17.5. The van der Waals surface area contributed by atoms with Gasteiger partial charge in [0, 0.05) is 13.2 Å². The molecule has 3 heteroatoms. The molecular formula is C42H59NO2. The van der Waals surface area contributed by atoms with Gasteiger partial charge in [0.1, 0.15) is 5.60 Å². The lowest BCUT2D eigenvalue weighted by Crippen LogP contribution is -2.39. The Morgan fingerprint density at radius 2 is 1.07 bits per heavy atom. The van der Waals surface area contributed by atoms with Crippen LogP contribution >= 0.6 is 0 Å². The van der Waals surface area contributed by atoms with Crippen LogP contribution in [0.1, 0.15) is 101 Å². The van der Waals surface area contributed by atoms with E-state index in [1.165, 1.54) is 64.2 Å². The molecule has 3 nitrogen and oxygen atoms in total. The SMILES string of the molecule is CCCCCC=CCC=CCCCCCCCCOC(COC(c1ccccc1)(c1ccccc1)c1ccccc1)CN(C)C. The van der Waals surface area contributed by atoms with Gasteiger partial charge >= 0.3 is 0 Å². The Bertz CT molecular complexity index is 1080. The van der Waals surface area contributed by atoms with Crippen LogP contribution < -0.4 is 0 Å². The molecule has 0 radical (unpaired) electrons. The smallest absolute Gasteiger partial charge is 0.143 e. The maximum absolute atomic E-state index is 7.07. The predicted octanol–water partition coefficient (Wildman–Crippen LogP) is 10.8. The van der Waals surface area contributed by atoms with Crippen molar-refractivity contribution in [3.63, 3.8) is 0 Å². The summed E-state index contributed by atoms with van der Waals surface area (Å²) in [6, 6.07) is 31.8. The summed E-state index contributed by atoms with van der Waals surface area (Å²) in [5.41, 5.74) is 2.64. The third-order valence-corrected chi connectivity index (χ3v) is 8.29. The molecule has 0 spiro atoms. The highest BCUT2D eigenvalue weighted by Gasteiger charge is 2.38. The predicted molar refractivity (Wildman–Crippen MR) is 193 cm³/mol. The molecule has 0 N–H and O–H groups in total. The Morgan fingerprint density at radius 1 is 0.600 bits per heavy atom. The van der Waals surface area contributed by atoms with Gasteiger partial charge in [-0.3, -0.25) is 0 Å². The van der Waals surface area contributed by atoms with E-state index >= 15 is 0 Å². The summed E-state index contributed by atoms with van der Waals surface area (Å²) in [6.45, 7) is 4.34. The molecule has 244 valence electrons. The number of benzene rings is 3. The van der Waals surface area contributed by atoms with Gasteiger partial charge in [0.25, 0.3) is 0 Å². The second-order valence-corrected chi connectivity index (χ2v) is 12.4. The molecule has 1 atom stereocenters. The number of hydrogen-bond donors (Lipinski definition) is 0. The lowest BCUT2D eigenvalue weighted by atomic mass is 9.80. The van der Waals surface area contributed by atoms with E-state index in [1.54, 1.807) is 0 Å². The molecule has 0 amide bonds. The Labute approximate surface area is 275 Å². The minimum Gasteiger partial charge on any atom is -0.374 e. The van der Waals surface area contributed by atoms with Crippen LogP contribution in [0.4, 0.5) is 0 Å². The summed E-state index contributed by atoms with van der Waals surface area (Å²) in [5.74, 6) is 0. The Morgan fingerprint density at radius 3 is 1.56 bits per heavy atom. The van der Waals surface area contributed by atoms with Gasteiger partial charge in [-0.15, -0.1) is 0 Å². The molecule has 0 saturated heterocycles. The Kier molecular flexibility index (Phi) is 18.3. The monoisotopic (exact) mass is 609 g/mol. The third kappa shape index (κ3) is 13.5. The van der Waals surface area contributed by atoms with Gasteiger partial charge in [0.15, 0.2) is 0 Å². The summed E-state index contributed by atoms with van der Waals surface area (Å²) in [6.07, 6.45) is 24.3. The summed E-state index contributed by atoms with van der Waals surface area (Å²) in [5, 5.41) is 0. The van der Waals surface area contributed by atoms with Crippen LogP contribution in [0.3, 0.4) is 0 Å². The second-order valence-electron chi connectivity index (χ2n) is 12.4. The molecule has 0 bridgehead atoms. The van der Waals surface area contributed by atoms with Crippen molar-refractivity contribution in [3.8, 4) is 0 Å². The fourth-order valence-electron chi connectivity index (χ4n) is 5.89. The minimum atomic E-state index is -0.724. The molecule has 0 aliphatic heterocycles. The van der Waals surface area contributed by atoms with Gasteiger partial charge in [-0.25, -0.2) is 0 Å². The molecule has 3 aromatic carbocycles. The summed E-state index contributed by atoms with van der Waals surface area (Å²) >= 11 is 0. The zero-order valence-corrected chi connectivity index (χ0v) is 28.4. The second kappa shape index (κ2) is 22.5. The maximum Gasteiger partial charge on any atom is 0.143 e. The lowest BCUT2D eigenvalue weighted by molar-refractivity contribution is -0.0715. The van der Waals surface area contributed by atoms with Gasteiger partial charge in [-0.2, -0.15) is 0 Å². The van der Waals surface area contributed by atoms with Crippen molar-refractivity contribution in [3.05, 3.63) is 132 Å². The summed E-state index contributed by atoms with van der Waals surface area (Å²) in [7, 11) is 4.21. The largest absolute Gasteiger partial charge is 0.374 e. The number of likely N-dealkylation sites (N-methyl/N-ethyl adjacent to an activating group) is 1. The number of hydrogen-bond acceptors (Lipinski definition) is 3. The quantitative estimate of drug-likeness (QED) is 0.0573. The highest BCUT2D eigenvalue weighted by atomic mass is 16.5. The standard InChI is InChI=1S/C42H59NO2/c1-4-5-6-7-8-9-10-11-12-13-14-15-16-17-18-28-35-44-41(36-43(2)3)37-45-42(38-29-22-19-23-30-38,39-31-24-20-25-32-39)40-33-26-21-27-34-40/h8-9,11-12,19-27,29-34,41H,4-7,10,13-18,28,35-37H2,1-3H3. The van der Waals surface area contributed by atoms with Crippen molar-refractivity contribution >= 4 is 0 Å². The Hall–Kier alpha value is -2.98. The topological polar surface area (TPSA) is 21.7 Å². The van der Waals surface area contributed by atoms with Crippen LogP contribution in [0.5, 0.6) is 0 Å². The van der Waals surface area contributed by atoms with Crippen molar-refractivity contribution in [2.24, 2.45) is 0 Å². The molecule has 0 aliphatic carbocycles. The summed E-state index contributed by atoms with van der Waals surface area (Å²) < 4.78 is 13.6. The van der Waals surface area contributed by atoms with Gasteiger partial charge < -0.3 is 14.4 Å². The van der Waals surface area contributed by atoms with E-state index in [0.29, 0.717) is 6.61 Å². The fraction of sp³-hybridized carbons (Fsp3) is 0.476. The first-order chi connectivity index (χ1) is 22.2. The van der Waals surface area contributed by atoms with E-state index in [4.69, 9.17) is 9.47 Å². The number of unbranched alkanes of at least 4 members (excludes halogenated alkanes) is 9. The van der Waals surface area contributed by atoms with Crippen LogP contribution in [-0.4, -0.2) is 44.9 Å². The average Bonchev–Trinajstić information content (AvgIpc) is 3.07. The first-order valence-electron chi connectivity index (χ1n) is 17.5. The van der Waals surface area contributed by atoms with E-state index < -0.39 is 5.60 Å². The number of allylic oxidation sites excluding steroid dienone is 4. The normalized spacial score (nSPS) is 12.9. The van der Waals surface area contributed by atoms with Crippen LogP contribution in [0.15, 0.2) is 115 Å². The van der Waals surface area contributed by atoms with Crippen molar-refractivity contribution in [1.82, 2.24) is 4.90 Å². The lowest BCUT2D eigenvalue weighted by Gasteiger charge is -2.37. The van der Waals surface area contributed by atoms with Crippen LogP contribution in [-0.2, 0) is 15.1 Å². The number of ether oxygens (including phenoxy) is 2. The average molecular weight is 610 g/mol. The third-order valence-electron chi connectivity index (χ3n) is 8.29. The minimum absolute atomic E-state index is 0.0199. The van der Waals surface area contributed by atoms with E-state index in [2.05, 4.69) is 141 Å². The molecule has 0 aliphatic rings. The fourth-order valence-corrected chi connectivity index (χ4v) is 5.89. The van der Waals surface area contributed by atoms with Gasteiger partial charge in [0.05, 0.1) is 12.7 Å². The highest BCUT2D eigenvalue weighted by molar-refractivity contribution is 5.47. The molecule has 3 rings (SSSR count). The summed E-state index contributed by atoms with van der Waals surface area (Å²) in [4.78, 5) is 2.20. The highest BCUT2D eigenvalue weighted by Crippen LogP contribution is 2.40. The van der Waals surface area contributed by atoms with E-state index in [9.17, 15) is 0 Å². The van der Waals surface area contributed by atoms with Crippen molar-refractivity contribution in [2.45, 2.75) is 95.7 Å². The van der Waals surface area contributed by atoms with Crippen LogP contribution in [0.2, 0.25) is 0 Å². The van der Waals surface area contributed by atoms with Crippen molar-refractivity contribution in [2.75, 3.05) is 33.9 Å². The molecule has 0 heterocycles. The molecule has 45 heavy (non-hydrogen) atoms. The number of nitrogens with zero attached hydrogens (tertiary/aromatic N) is 1. The van der Waals surface area contributed by atoms with Gasteiger partial charge in [0.2, 0.25) is 0 Å². The zero-order valence-electron chi connectivity index (χ0n) is 28.4. The van der Waals surface area contributed by atoms with E-state index in [-0.39, 0.29) is 6.10 Å². The molecule has 0 fully saturated rings. The van der Waals surface area contributed by atoms with Gasteiger partial charge in [-0.05, 0) is 69.3 Å². The molecule has 1 unspecified atom stereocenters. The van der Waals surface area contributed by atoms with Gasteiger partial charge in [-0.1, -0.05) is 161 Å². The number of rotatable bonds is 24. The zero-order chi connectivity index (χ0) is 31.8. The van der Waals surface area contributed by atoms with Crippen molar-refractivity contribution in [1.29, 1.82) is 0 Å². The van der Waals surface area contributed by atoms with Crippen LogP contribution in [0, 0.1) is 0 Å².